The molecule has 0 spiro atoms. The highest BCUT2D eigenvalue weighted by Gasteiger charge is 2.22. The molecule has 1 aromatic rings. The minimum Gasteiger partial charge on any atom is -0.317 e. The van der Waals surface area contributed by atoms with E-state index in [-0.39, 0.29) is 11.8 Å². The van der Waals surface area contributed by atoms with Crippen LogP contribution >= 0.6 is 0 Å². The number of rotatable bonds is 1. The molecular weight excluding hydrogens is 178 g/mol. The van der Waals surface area contributed by atoms with Crippen molar-refractivity contribution in [2.75, 3.05) is 13.1 Å². The first kappa shape index (κ1) is 9.40. The maximum absolute atomic E-state index is 12.0. The van der Waals surface area contributed by atoms with Gasteiger partial charge in [0.15, 0.2) is 0 Å². The number of hydrogen-bond donors (Lipinski definition) is 1. The molecule has 2 rings (SSSR count). The number of imidazole rings is 1. The summed E-state index contributed by atoms with van der Waals surface area (Å²) in [5.41, 5.74) is 0. The van der Waals surface area contributed by atoms with E-state index < -0.39 is 0 Å². The summed E-state index contributed by atoms with van der Waals surface area (Å²) in [5.74, 6) is 1.15. The van der Waals surface area contributed by atoms with Gasteiger partial charge in [0.25, 0.3) is 0 Å². The molecular formula is C10H15N3O. The van der Waals surface area contributed by atoms with Gasteiger partial charge in [-0.05, 0) is 32.9 Å². The zero-order chi connectivity index (χ0) is 9.97. The Balaban J connectivity index is 2.11. The standard InChI is InChI=1S/C10H15N3O/c1-8-12-6-7-13(8)10(14)9-2-4-11-5-3-9/h6-7,9,11H,2-5H2,1H3. The topological polar surface area (TPSA) is 46.9 Å². The van der Waals surface area contributed by atoms with E-state index in [9.17, 15) is 4.79 Å². The second-order valence-electron chi connectivity index (χ2n) is 3.71. The van der Waals surface area contributed by atoms with Gasteiger partial charge in [-0.25, -0.2) is 4.98 Å². The third kappa shape index (κ3) is 1.70. The first-order chi connectivity index (χ1) is 6.79. The van der Waals surface area contributed by atoms with Gasteiger partial charge in [-0.15, -0.1) is 0 Å². The number of carbonyl (C=O) groups is 1. The molecule has 0 aliphatic carbocycles. The van der Waals surface area contributed by atoms with Gasteiger partial charge in [0.1, 0.15) is 5.82 Å². The van der Waals surface area contributed by atoms with Crippen LogP contribution in [0.15, 0.2) is 12.4 Å². The summed E-state index contributed by atoms with van der Waals surface area (Å²) in [5, 5.41) is 3.25. The van der Waals surface area contributed by atoms with E-state index in [0.717, 1.165) is 31.8 Å². The number of aryl methyl sites for hydroxylation is 1. The number of piperidine rings is 1. The Morgan fingerprint density at radius 2 is 2.29 bits per heavy atom. The predicted molar refractivity (Wildman–Crippen MR) is 53.2 cm³/mol. The Bertz CT molecular complexity index is 326. The van der Waals surface area contributed by atoms with Gasteiger partial charge in [0.05, 0.1) is 0 Å². The highest BCUT2D eigenvalue weighted by molar-refractivity contribution is 5.81. The van der Waals surface area contributed by atoms with Crippen LogP contribution in [0.1, 0.15) is 23.5 Å². The lowest BCUT2D eigenvalue weighted by Crippen LogP contribution is -2.34. The molecule has 1 aromatic heterocycles. The maximum atomic E-state index is 12.0. The summed E-state index contributed by atoms with van der Waals surface area (Å²) in [7, 11) is 0. The van der Waals surface area contributed by atoms with Gasteiger partial charge in [0.2, 0.25) is 5.91 Å². The van der Waals surface area contributed by atoms with Gasteiger partial charge in [-0.2, -0.15) is 0 Å². The summed E-state index contributed by atoms with van der Waals surface area (Å²) < 4.78 is 1.66. The first-order valence-electron chi connectivity index (χ1n) is 5.04. The summed E-state index contributed by atoms with van der Waals surface area (Å²) in [4.78, 5) is 16.0. The van der Waals surface area contributed by atoms with Crippen molar-refractivity contribution in [2.45, 2.75) is 19.8 Å². The van der Waals surface area contributed by atoms with E-state index in [1.165, 1.54) is 0 Å². The minimum absolute atomic E-state index is 0.171. The van der Waals surface area contributed by atoms with Crippen molar-refractivity contribution >= 4 is 5.91 Å². The lowest BCUT2D eigenvalue weighted by molar-refractivity contribution is 0.0805. The van der Waals surface area contributed by atoms with Crippen LogP contribution in [0, 0.1) is 12.8 Å². The van der Waals surface area contributed by atoms with Crippen LogP contribution in [-0.4, -0.2) is 28.5 Å². The molecule has 4 heteroatoms. The zero-order valence-corrected chi connectivity index (χ0v) is 8.36. The van der Waals surface area contributed by atoms with Gasteiger partial charge in [-0.1, -0.05) is 0 Å². The molecule has 14 heavy (non-hydrogen) atoms. The molecule has 0 unspecified atom stereocenters. The van der Waals surface area contributed by atoms with Crippen molar-refractivity contribution in [2.24, 2.45) is 5.92 Å². The highest BCUT2D eigenvalue weighted by Crippen LogP contribution is 2.14. The van der Waals surface area contributed by atoms with Crippen molar-refractivity contribution in [3.05, 3.63) is 18.2 Å². The maximum Gasteiger partial charge on any atom is 0.235 e. The van der Waals surface area contributed by atoms with E-state index in [1.54, 1.807) is 17.0 Å². The molecule has 1 N–H and O–H groups in total. The number of nitrogens with zero attached hydrogens (tertiary/aromatic N) is 2. The fourth-order valence-electron chi connectivity index (χ4n) is 1.88. The van der Waals surface area contributed by atoms with E-state index >= 15 is 0 Å². The van der Waals surface area contributed by atoms with Gasteiger partial charge < -0.3 is 5.32 Å². The van der Waals surface area contributed by atoms with Crippen LogP contribution in [0.5, 0.6) is 0 Å². The Morgan fingerprint density at radius 1 is 1.57 bits per heavy atom. The minimum atomic E-state index is 0.171. The molecule has 4 nitrogen and oxygen atoms in total. The molecule has 1 fully saturated rings. The number of nitrogens with one attached hydrogen (secondary N) is 1. The Hall–Kier alpha value is -1.16. The van der Waals surface area contributed by atoms with Crippen LogP contribution in [0.2, 0.25) is 0 Å². The van der Waals surface area contributed by atoms with Crippen LogP contribution in [-0.2, 0) is 0 Å². The molecule has 0 aromatic carbocycles. The fourth-order valence-corrected chi connectivity index (χ4v) is 1.88. The fraction of sp³-hybridized carbons (Fsp3) is 0.600. The molecule has 0 radical (unpaired) electrons. The Kier molecular flexibility index (Phi) is 2.63. The SMILES string of the molecule is Cc1nccn1C(=O)C1CCNCC1. The second-order valence-corrected chi connectivity index (χ2v) is 3.71. The average molecular weight is 193 g/mol. The summed E-state index contributed by atoms with van der Waals surface area (Å²) in [6.45, 7) is 3.76. The molecule has 1 aliphatic heterocycles. The van der Waals surface area contributed by atoms with E-state index in [2.05, 4.69) is 10.3 Å². The third-order valence-electron chi connectivity index (χ3n) is 2.75. The molecule has 2 heterocycles. The smallest absolute Gasteiger partial charge is 0.235 e. The van der Waals surface area contributed by atoms with Crippen molar-refractivity contribution in [3.63, 3.8) is 0 Å². The van der Waals surface area contributed by atoms with E-state index in [0.29, 0.717) is 0 Å². The lowest BCUT2D eigenvalue weighted by atomic mass is 9.97. The number of aromatic nitrogens is 2. The molecule has 0 saturated carbocycles. The number of hydrogen-bond acceptors (Lipinski definition) is 3. The van der Waals surface area contributed by atoms with Crippen molar-refractivity contribution in [3.8, 4) is 0 Å². The summed E-state index contributed by atoms with van der Waals surface area (Å²) in [6, 6.07) is 0. The Morgan fingerprint density at radius 3 is 2.86 bits per heavy atom. The predicted octanol–water partition coefficient (Wildman–Crippen LogP) is 0.831. The van der Waals surface area contributed by atoms with Crippen LogP contribution in [0.25, 0.3) is 0 Å². The molecule has 76 valence electrons. The van der Waals surface area contributed by atoms with Crippen LogP contribution in [0.4, 0.5) is 0 Å². The van der Waals surface area contributed by atoms with Crippen LogP contribution < -0.4 is 5.32 Å². The largest absolute Gasteiger partial charge is 0.317 e. The summed E-state index contributed by atoms with van der Waals surface area (Å²) in [6.07, 6.45) is 5.31. The summed E-state index contributed by atoms with van der Waals surface area (Å²) >= 11 is 0. The van der Waals surface area contributed by atoms with Gasteiger partial charge in [0, 0.05) is 18.3 Å². The average Bonchev–Trinajstić information content (AvgIpc) is 2.65. The zero-order valence-electron chi connectivity index (χ0n) is 8.36. The van der Waals surface area contributed by atoms with Gasteiger partial charge in [-0.3, -0.25) is 9.36 Å². The van der Waals surface area contributed by atoms with Crippen molar-refractivity contribution in [1.29, 1.82) is 0 Å². The lowest BCUT2D eigenvalue weighted by Gasteiger charge is -2.21. The Labute approximate surface area is 83.3 Å². The molecule has 0 atom stereocenters. The van der Waals surface area contributed by atoms with Gasteiger partial charge >= 0.3 is 0 Å². The third-order valence-corrected chi connectivity index (χ3v) is 2.75. The number of carbonyl (C=O) groups excluding carboxylic acids is 1. The normalized spacial score (nSPS) is 18.4. The second kappa shape index (κ2) is 3.92. The highest BCUT2D eigenvalue weighted by atomic mass is 16.2. The molecule has 1 saturated heterocycles. The van der Waals surface area contributed by atoms with Crippen LogP contribution in [0.3, 0.4) is 0 Å². The first-order valence-corrected chi connectivity index (χ1v) is 5.04. The quantitative estimate of drug-likeness (QED) is 0.718. The molecule has 1 aliphatic rings. The molecule has 0 bridgehead atoms. The van der Waals surface area contributed by atoms with E-state index in [1.807, 2.05) is 6.92 Å². The molecule has 0 amide bonds. The van der Waals surface area contributed by atoms with Crippen molar-refractivity contribution < 1.29 is 4.79 Å². The van der Waals surface area contributed by atoms with Crippen molar-refractivity contribution in [1.82, 2.24) is 14.9 Å². The van der Waals surface area contributed by atoms with E-state index in [4.69, 9.17) is 0 Å². The monoisotopic (exact) mass is 193 g/mol.